The largest absolute Gasteiger partial charge is 0.497 e. The van der Waals surface area contributed by atoms with Crippen LogP contribution in [0, 0.1) is 5.82 Å². The van der Waals surface area contributed by atoms with Crippen molar-refractivity contribution in [2.75, 3.05) is 43.5 Å². The minimum Gasteiger partial charge on any atom is -0.497 e. The van der Waals surface area contributed by atoms with E-state index in [1.54, 1.807) is 53.4 Å². The first-order valence-electron chi connectivity index (χ1n) is 13.7. The van der Waals surface area contributed by atoms with Gasteiger partial charge in [-0.05, 0) is 74.4 Å². The number of benzene rings is 3. The number of hydrogen-bond acceptors (Lipinski definition) is 5. The second-order valence-corrected chi connectivity index (χ2v) is 10.2. The molecular formula is C31H36FN5O4. The van der Waals surface area contributed by atoms with Crippen molar-refractivity contribution in [3.8, 4) is 5.75 Å². The van der Waals surface area contributed by atoms with Gasteiger partial charge in [-0.2, -0.15) is 0 Å². The first-order chi connectivity index (χ1) is 19.7. The number of ether oxygens (including phenoxy) is 1. The second-order valence-electron chi connectivity index (χ2n) is 10.2. The summed E-state index contributed by atoms with van der Waals surface area (Å²) in [4.78, 5) is 42.9. The van der Waals surface area contributed by atoms with E-state index in [2.05, 4.69) is 20.9 Å². The molecule has 1 heterocycles. The third-order valence-electron chi connectivity index (χ3n) is 6.73. The third-order valence-corrected chi connectivity index (χ3v) is 6.73. The first kappa shape index (κ1) is 29.4. The lowest BCUT2D eigenvalue weighted by Crippen LogP contribution is -2.44. The highest BCUT2D eigenvalue weighted by atomic mass is 19.1. The Morgan fingerprint density at radius 2 is 1.71 bits per heavy atom. The number of anilines is 2. The van der Waals surface area contributed by atoms with Gasteiger partial charge in [-0.1, -0.05) is 18.2 Å². The fourth-order valence-corrected chi connectivity index (χ4v) is 4.62. The Labute approximate surface area is 239 Å². The maximum Gasteiger partial charge on any atom is 0.317 e. The van der Waals surface area contributed by atoms with Crippen LogP contribution in [-0.4, -0.2) is 62.1 Å². The number of rotatable bonds is 8. The Kier molecular flexibility index (Phi) is 9.78. The van der Waals surface area contributed by atoms with Crippen LogP contribution in [0.2, 0.25) is 0 Å². The molecule has 0 unspecified atom stereocenters. The highest BCUT2D eigenvalue weighted by Crippen LogP contribution is 2.27. The van der Waals surface area contributed by atoms with Gasteiger partial charge in [0.2, 0.25) is 0 Å². The molecule has 216 valence electrons. The van der Waals surface area contributed by atoms with Gasteiger partial charge in [-0.25, -0.2) is 9.18 Å². The lowest BCUT2D eigenvalue weighted by atomic mass is 10.1. The summed E-state index contributed by atoms with van der Waals surface area (Å²) in [5.74, 6) is -0.457. The maximum atomic E-state index is 13.5. The van der Waals surface area contributed by atoms with Gasteiger partial charge in [-0.3, -0.25) is 9.59 Å². The van der Waals surface area contributed by atoms with Crippen LogP contribution in [-0.2, 0) is 6.54 Å². The van der Waals surface area contributed by atoms with Crippen LogP contribution >= 0.6 is 0 Å². The molecule has 41 heavy (non-hydrogen) atoms. The Bertz CT molecular complexity index is 1380. The smallest absolute Gasteiger partial charge is 0.317 e. The van der Waals surface area contributed by atoms with Crippen molar-refractivity contribution in [2.45, 2.75) is 32.9 Å². The summed E-state index contributed by atoms with van der Waals surface area (Å²) < 4.78 is 18.6. The number of nitrogens with one attached hydrogen (secondary N) is 3. The van der Waals surface area contributed by atoms with Crippen molar-refractivity contribution in [2.24, 2.45) is 0 Å². The summed E-state index contributed by atoms with van der Waals surface area (Å²) in [6.07, 6.45) is 0.733. The number of urea groups is 1. The average Bonchev–Trinajstić information content (AvgIpc) is 3.23. The predicted molar refractivity (Wildman–Crippen MR) is 157 cm³/mol. The SMILES string of the molecule is COc1cccc(C(=O)Nc2ccc(N3CCCN(C(=O)NC(C)C)CC3)c(C(=O)NCc3ccc(F)cc3)c2)c1. The lowest BCUT2D eigenvalue weighted by Gasteiger charge is -2.26. The van der Waals surface area contributed by atoms with E-state index in [4.69, 9.17) is 4.74 Å². The third kappa shape index (κ3) is 7.97. The fraction of sp³-hybridized carbons (Fsp3) is 0.323. The molecule has 3 aromatic rings. The topological polar surface area (TPSA) is 103 Å². The van der Waals surface area contributed by atoms with Gasteiger partial charge >= 0.3 is 6.03 Å². The minimum atomic E-state index is -0.348. The molecule has 1 saturated heterocycles. The molecule has 0 bridgehead atoms. The Morgan fingerprint density at radius 3 is 2.44 bits per heavy atom. The molecule has 0 spiro atoms. The lowest BCUT2D eigenvalue weighted by molar-refractivity contribution is 0.0950. The average molecular weight is 562 g/mol. The molecule has 1 aliphatic rings. The molecule has 9 nitrogen and oxygen atoms in total. The van der Waals surface area contributed by atoms with Gasteiger partial charge in [-0.15, -0.1) is 0 Å². The van der Waals surface area contributed by atoms with E-state index in [0.717, 1.165) is 12.0 Å². The number of carbonyl (C=O) groups excluding carboxylic acids is 3. The molecule has 3 N–H and O–H groups in total. The molecule has 0 radical (unpaired) electrons. The predicted octanol–water partition coefficient (Wildman–Crippen LogP) is 4.65. The van der Waals surface area contributed by atoms with Crippen LogP contribution in [0.4, 0.5) is 20.6 Å². The molecule has 4 rings (SSSR count). The van der Waals surface area contributed by atoms with Crippen molar-refractivity contribution in [1.29, 1.82) is 0 Å². The van der Waals surface area contributed by atoms with Gasteiger partial charge in [0.15, 0.2) is 0 Å². The fourth-order valence-electron chi connectivity index (χ4n) is 4.62. The first-order valence-corrected chi connectivity index (χ1v) is 13.7. The number of hydrogen-bond donors (Lipinski definition) is 3. The number of nitrogens with zero attached hydrogens (tertiary/aromatic N) is 2. The Balaban J connectivity index is 1.56. The van der Waals surface area contributed by atoms with E-state index in [0.29, 0.717) is 54.4 Å². The maximum absolute atomic E-state index is 13.5. The zero-order chi connectivity index (χ0) is 29.4. The van der Waals surface area contributed by atoms with Crippen molar-refractivity contribution < 1.29 is 23.5 Å². The van der Waals surface area contributed by atoms with Gasteiger partial charge in [0.05, 0.1) is 12.7 Å². The summed E-state index contributed by atoms with van der Waals surface area (Å²) in [5, 5.41) is 8.72. The standard InChI is InChI=1S/C31H36FN5O4/c1-21(2)34-31(40)37-15-5-14-36(16-17-37)28-13-12-25(35-29(38)23-6-4-7-26(18-23)41-3)19-27(28)30(39)33-20-22-8-10-24(32)11-9-22/h4,6-13,18-19,21H,5,14-17,20H2,1-3H3,(H,33,39)(H,34,40)(H,35,38). The Hall–Kier alpha value is -4.60. The van der Waals surface area contributed by atoms with Gasteiger partial charge < -0.3 is 30.5 Å². The van der Waals surface area contributed by atoms with Gasteiger partial charge in [0, 0.05) is 55.7 Å². The van der Waals surface area contributed by atoms with E-state index < -0.39 is 0 Å². The molecule has 0 aromatic heterocycles. The molecular weight excluding hydrogens is 525 g/mol. The second kappa shape index (κ2) is 13.6. The van der Waals surface area contributed by atoms with Gasteiger partial charge in [0.1, 0.15) is 11.6 Å². The van der Waals surface area contributed by atoms with E-state index in [9.17, 15) is 18.8 Å². The van der Waals surface area contributed by atoms with Crippen LogP contribution in [0.1, 0.15) is 46.5 Å². The van der Waals surface area contributed by atoms with Gasteiger partial charge in [0.25, 0.3) is 11.8 Å². The highest BCUT2D eigenvalue weighted by molar-refractivity contribution is 6.06. The molecule has 0 aliphatic carbocycles. The van der Waals surface area contributed by atoms with Crippen molar-refractivity contribution in [3.63, 3.8) is 0 Å². The molecule has 0 atom stereocenters. The molecule has 1 aliphatic heterocycles. The quantitative estimate of drug-likeness (QED) is 0.372. The van der Waals surface area contributed by atoms with Crippen molar-refractivity contribution in [3.05, 3.63) is 89.2 Å². The summed E-state index contributed by atoms with van der Waals surface area (Å²) in [5.41, 5.74) is 2.72. The number of carbonyl (C=O) groups is 3. The summed E-state index contributed by atoms with van der Waals surface area (Å²) >= 11 is 0. The van der Waals surface area contributed by atoms with E-state index in [1.807, 2.05) is 19.9 Å². The monoisotopic (exact) mass is 561 g/mol. The van der Waals surface area contributed by atoms with Crippen LogP contribution in [0.5, 0.6) is 5.75 Å². The van der Waals surface area contributed by atoms with Crippen molar-refractivity contribution in [1.82, 2.24) is 15.5 Å². The summed E-state index contributed by atoms with van der Waals surface area (Å²) in [6.45, 7) is 6.36. The number of methoxy groups -OCH3 is 1. The molecule has 0 saturated carbocycles. The summed E-state index contributed by atoms with van der Waals surface area (Å²) in [6, 6.07) is 17.9. The zero-order valence-electron chi connectivity index (χ0n) is 23.6. The van der Waals surface area contributed by atoms with Crippen LogP contribution < -0.4 is 25.6 Å². The van der Waals surface area contributed by atoms with Crippen LogP contribution in [0.25, 0.3) is 0 Å². The van der Waals surface area contributed by atoms with E-state index >= 15 is 0 Å². The van der Waals surface area contributed by atoms with E-state index in [-0.39, 0.29) is 36.2 Å². The molecule has 1 fully saturated rings. The molecule has 10 heteroatoms. The van der Waals surface area contributed by atoms with Crippen LogP contribution in [0.15, 0.2) is 66.7 Å². The van der Waals surface area contributed by atoms with E-state index in [1.165, 1.54) is 19.2 Å². The normalized spacial score (nSPS) is 13.4. The number of amides is 4. The summed E-state index contributed by atoms with van der Waals surface area (Å²) in [7, 11) is 1.53. The highest BCUT2D eigenvalue weighted by Gasteiger charge is 2.23. The van der Waals surface area contributed by atoms with Crippen molar-refractivity contribution >= 4 is 29.2 Å². The minimum absolute atomic E-state index is 0.0398. The number of halogens is 1. The Morgan fingerprint density at radius 1 is 0.927 bits per heavy atom. The molecule has 3 aromatic carbocycles. The molecule has 4 amide bonds. The zero-order valence-corrected chi connectivity index (χ0v) is 23.6. The van der Waals surface area contributed by atoms with Crippen LogP contribution in [0.3, 0.4) is 0 Å².